The zero-order valence-electron chi connectivity index (χ0n) is 12.6. The van der Waals surface area contributed by atoms with Crippen LogP contribution in [0, 0.1) is 0 Å². The van der Waals surface area contributed by atoms with Crippen LogP contribution in [0.4, 0.5) is 5.69 Å². The highest BCUT2D eigenvalue weighted by Crippen LogP contribution is 2.12. The number of hydrogen-bond donors (Lipinski definition) is 2. The first-order valence-corrected chi connectivity index (χ1v) is 6.57. The molecule has 3 N–H and O–H groups in total. The molecule has 0 aliphatic rings. The lowest BCUT2D eigenvalue weighted by molar-refractivity contribution is -0.134. The molecule has 5 heteroatoms. The van der Waals surface area contributed by atoms with Crippen molar-refractivity contribution in [1.29, 1.82) is 0 Å². The van der Waals surface area contributed by atoms with Crippen molar-refractivity contribution in [1.82, 2.24) is 10.2 Å². The summed E-state index contributed by atoms with van der Waals surface area (Å²) in [6, 6.07) is 7.24. The van der Waals surface area contributed by atoms with E-state index in [1.54, 1.807) is 13.1 Å². The number of anilines is 1. The van der Waals surface area contributed by atoms with Gasteiger partial charge in [0.05, 0.1) is 13.0 Å². The zero-order chi connectivity index (χ0) is 15.3. The fourth-order valence-electron chi connectivity index (χ4n) is 1.75. The number of nitrogens with one attached hydrogen (secondary N) is 1. The molecule has 0 aromatic heterocycles. The van der Waals surface area contributed by atoms with Crippen LogP contribution in [0.5, 0.6) is 0 Å². The van der Waals surface area contributed by atoms with Crippen LogP contribution in [0.15, 0.2) is 24.3 Å². The highest BCUT2D eigenvalue weighted by Gasteiger charge is 2.18. The first-order chi connectivity index (χ1) is 9.19. The maximum absolute atomic E-state index is 12.1. The summed E-state index contributed by atoms with van der Waals surface area (Å²) < 4.78 is 0. The third-order valence-electron chi connectivity index (χ3n) is 2.72. The van der Waals surface area contributed by atoms with Crippen LogP contribution in [-0.2, 0) is 16.0 Å². The van der Waals surface area contributed by atoms with Crippen molar-refractivity contribution in [2.45, 2.75) is 32.7 Å². The number of nitrogens with two attached hydrogens (primary N) is 1. The fraction of sp³-hybridized carbons (Fsp3) is 0.467. The van der Waals surface area contributed by atoms with Crippen LogP contribution in [0.2, 0.25) is 0 Å². The molecule has 5 nitrogen and oxygen atoms in total. The molecule has 0 atom stereocenters. The molecular weight excluding hydrogens is 254 g/mol. The van der Waals surface area contributed by atoms with Gasteiger partial charge >= 0.3 is 0 Å². The molecule has 20 heavy (non-hydrogen) atoms. The summed E-state index contributed by atoms with van der Waals surface area (Å²) in [4.78, 5) is 25.2. The number of nitrogen functional groups attached to an aromatic ring is 1. The predicted octanol–water partition coefficient (Wildman–Crippen LogP) is 1.18. The Morgan fingerprint density at radius 3 is 2.40 bits per heavy atom. The summed E-state index contributed by atoms with van der Waals surface area (Å²) in [7, 11) is 1.61. The summed E-state index contributed by atoms with van der Waals surface area (Å²) in [6.45, 7) is 5.75. The molecule has 0 unspecified atom stereocenters. The lowest BCUT2D eigenvalue weighted by Crippen LogP contribution is -2.46. The largest absolute Gasteiger partial charge is 0.398 e. The minimum absolute atomic E-state index is 0.0445. The highest BCUT2D eigenvalue weighted by atomic mass is 16.2. The lowest BCUT2D eigenvalue weighted by atomic mass is 10.1. The molecule has 0 fully saturated rings. The molecule has 1 aromatic rings. The van der Waals surface area contributed by atoms with Gasteiger partial charge in [0.25, 0.3) is 0 Å². The van der Waals surface area contributed by atoms with Crippen molar-refractivity contribution in [2.75, 3.05) is 19.3 Å². The number of carbonyl (C=O) groups is 2. The Balaban J connectivity index is 2.56. The average molecular weight is 277 g/mol. The van der Waals surface area contributed by atoms with E-state index in [2.05, 4.69) is 5.32 Å². The summed E-state index contributed by atoms with van der Waals surface area (Å²) in [5.41, 5.74) is 6.87. The maximum Gasteiger partial charge on any atom is 0.240 e. The van der Waals surface area contributed by atoms with Crippen LogP contribution < -0.4 is 11.1 Å². The van der Waals surface area contributed by atoms with Gasteiger partial charge in [-0.15, -0.1) is 0 Å². The maximum atomic E-state index is 12.1. The van der Waals surface area contributed by atoms with Crippen molar-refractivity contribution in [2.24, 2.45) is 0 Å². The first-order valence-electron chi connectivity index (χ1n) is 6.57. The van der Waals surface area contributed by atoms with E-state index in [0.29, 0.717) is 5.69 Å². The third-order valence-corrected chi connectivity index (χ3v) is 2.72. The zero-order valence-corrected chi connectivity index (χ0v) is 12.6. The van der Waals surface area contributed by atoms with Crippen LogP contribution in [0.25, 0.3) is 0 Å². The molecule has 0 heterocycles. The molecule has 0 bridgehead atoms. The second-order valence-corrected chi connectivity index (χ2v) is 5.92. The van der Waals surface area contributed by atoms with Gasteiger partial charge in [-0.25, -0.2) is 0 Å². The Morgan fingerprint density at radius 2 is 1.85 bits per heavy atom. The molecule has 0 saturated heterocycles. The van der Waals surface area contributed by atoms with E-state index in [9.17, 15) is 9.59 Å². The molecular formula is C15H23N3O2. The quantitative estimate of drug-likeness (QED) is 0.812. The molecule has 0 spiro atoms. The number of nitrogens with zero attached hydrogens (tertiary/aromatic N) is 1. The fourth-order valence-corrected chi connectivity index (χ4v) is 1.75. The molecule has 1 rings (SSSR count). The standard InChI is InChI=1S/C15H23N3O2/c1-15(2,3)17-13(19)10-18(4)14(20)9-11-7-5-6-8-12(11)16/h5-8H,9-10,16H2,1-4H3,(H,17,19). The van der Waals surface area contributed by atoms with Crippen LogP contribution >= 0.6 is 0 Å². The normalized spacial score (nSPS) is 11.0. The molecule has 0 aliphatic heterocycles. The van der Waals surface area contributed by atoms with Gasteiger partial charge in [0.15, 0.2) is 0 Å². The van der Waals surface area contributed by atoms with Gasteiger partial charge in [-0.2, -0.15) is 0 Å². The van der Waals surface area contributed by atoms with Gasteiger partial charge in [-0.3, -0.25) is 9.59 Å². The van der Waals surface area contributed by atoms with E-state index in [1.807, 2.05) is 39.0 Å². The molecule has 0 radical (unpaired) electrons. The number of hydrogen-bond acceptors (Lipinski definition) is 3. The average Bonchev–Trinajstić information content (AvgIpc) is 2.29. The predicted molar refractivity (Wildman–Crippen MR) is 80.1 cm³/mol. The molecule has 0 aliphatic carbocycles. The van der Waals surface area contributed by atoms with E-state index in [1.165, 1.54) is 4.90 Å². The van der Waals surface area contributed by atoms with Crippen molar-refractivity contribution >= 4 is 17.5 Å². The van der Waals surface area contributed by atoms with E-state index in [-0.39, 0.29) is 30.3 Å². The molecule has 2 amide bonds. The Hall–Kier alpha value is -2.04. The van der Waals surface area contributed by atoms with E-state index >= 15 is 0 Å². The Bertz CT molecular complexity index is 492. The van der Waals surface area contributed by atoms with Gasteiger partial charge < -0.3 is 16.0 Å². The van der Waals surface area contributed by atoms with Gasteiger partial charge in [0.1, 0.15) is 0 Å². The van der Waals surface area contributed by atoms with Gasteiger partial charge in [0, 0.05) is 18.3 Å². The Morgan fingerprint density at radius 1 is 1.25 bits per heavy atom. The van der Waals surface area contributed by atoms with Crippen LogP contribution in [0.1, 0.15) is 26.3 Å². The van der Waals surface area contributed by atoms with Crippen molar-refractivity contribution in [3.05, 3.63) is 29.8 Å². The minimum Gasteiger partial charge on any atom is -0.398 e. The van der Waals surface area contributed by atoms with Gasteiger partial charge in [-0.1, -0.05) is 18.2 Å². The summed E-state index contributed by atoms with van der Waals surface area (Å²) in [6.07, 6.45) is 0.200. The molecule has 110 valence electrons. The van der Waals surface area contributed by atoms with Crippen molar-refractivity contribution < 1.29 is 9.59 Å². The second-order valence-electron chi connectivity index (χ2n) is 5.92. The number of benzene rings is 1. The van der Waals surface area contributed by atoms with E-state index in [0.717, 1.165) is 5.56 Å². The Kier molecular flexibility index (Phi) is 5.13. The molecule has 1 aromatic carbocycles. The SMILES string of the molecule is CN(CC(=O)NC(C)(C)C)C(=O)Cc1ccccc1N. The monoisotopic (exact) mass is 277 g/mol. The first kappa shape index (κ1) is 16.0. The van der Waals surface area contributed by atoms with Gasteiger partial charge in [0.2, 0.25) is 11.8 Å². The summed E-state index contributed by atoms with van der Waals surface area (Å²) in [5, 5.41) is 2.82. The number of para-hydroxylation sites is 1. The lowest BCUT2D eigenvalue weighted by Gasteiger charge is -2.23. The summed E-state index contributed by atoms with van der Waals surface area (Å²) in [5.74, 6) is -0.304. The van der Waals surface area contributed by atoms with Crippen molar-refractivity contribution in [3.8, 4) is 0 Å². The van der Waals surface area contributed by atoms with Gasteiger partial charge in [-0.05, 0) is 32.4 Å². The number of carbonyl (C=O) groups excluding carboxylic acids is 2. The smallest absolute Gasteiger partial charge is 0.240 e. The minimum atomic E-state index is -0.301. The van der Waals surface area contributed by atoms with E-state index in [4.69, 9.17) is 5.73 Å². The number of rotatable bonds is 4. The second kappa shape index (κ2) is 6.41. The molecule has 0 saturated carbocycles. The third kappa shape index (κ3) is 5.30. The van der Waals surface area contributed by atoms with Crippen LogP contribution in [-0.4, -0.2) is 35.8 Å². The number of likely N-dealkylation sites (N-methyl/N-ethyl adjacent to an activating group) is 1. The van der Waals surface area contributed by atoms with E-state index < -0.39 is 0 Å². The highest BCUT2D eigenvalue weighted by molar-refractivity contribution is 5.86. The summed E-state index contributed by atoms with van der Waals surface area (Å²) >= 11 is 0. The van der Waals surface area contributed by atoms with Crippen LogP contribution in [0.3, 0.4) is 0 Å². The topological polar surface area (TPSA) is 75.4 Å². The Labute approximate surface area is 120 Å². The van der Waals surface area contributed by atoms with Crippen molar-refractivity contribution in [3.63, 3.8) is 0 Å². The number of amides is 2.